The van der Waals surface area contributed by atoms with Crippen molar-refractivity contribution in [1.82, 2.24) is 9.80 Å². The van der Waals surface area contributed by atoms with Gasteiger partial charge >= 0.3 is 0 Å². The van der Waals surface area contributed by atoms with E-state index >= 15 is 0 Å². The van der Waals surface area contributed by atoms with Gasteiger partial charge in [0.15, 0.2) is 0 Å². The van der Waals surface area contributed by atoms with Gasteiger partial charge in [0.05, 0.1) is 5.70 Å². The highest BCUT2D eigenvalue weighted by molar-refractivity contribution is 6.31. The van der Waals surface area contributed by atoms with E-state index in [0.717, 1.165) is 29.7 Å². The van der Waals surface area contributed by atoms with Crippen molar-refractivity contribution in [2.24, 2.45) is 5.73 Å². The van der Waals surface area contributed by atoms with E-state index in [1.165, 1.54) is 0 Å². The molecule has 0 radical (unpaired) electrons. The standard InChI is InChI=1S/C18H20ClN3O/c1-21-9-7-13-4-2-3-8-22(17(13)12-21)18(23)14-5-6-15(11-20)16(19)10-14/h4-7,9-10,12H,2-3,8,11,20H2,1H3. The lowest BCUT2D eigenvalue weighted by Crippen LogP contribution is -2.33. The van der Waals surface area contributed by atoms with Crippen LogP contribution in [0.25, 0.3) is 0 Å². The fraction of sp³-hybridized carbons (Fsp3) is 0.278. The van der Waals surface area contributed by atoms with Crippen LogP contribution >= 0.6 is 11.6 Å². The van der Waals surface area contributed by atoms with Gasteiger partial charge in [0.2, 0.25) is 0 Å². The molecule has 0 saturated heterocycles. The first kappa shape index (κ1) is 15.8. The van der Waals surface area contributed by atoms with E-state index in [9.17, 15) is 4.79 Å². The number of nitrogens with two attached hydrogens (primary N) is 1. The Labute approximate surface area is 141 Å². The Morgan fingerprint density at radius 3 is 2.96 bits per heavy atom. The molecule has 2 N–H and O–H groups in total. The van der Waals surface area contributed by atoms with Crippen molar-refractivity contribution in [3.05, 3.63) is 70.2 Å². The summed E-state index contributed by atoms with van der Waals surface area (Å²) in [5.41, 5.74) is 9.11. The van der Waals surface area contributed by atoms with Crippen LogP contribution in [0.2, 0.25) is 5.02 Å². The maximum absolute atomic E-state index is 13.0. The third kappa shape index (κ3) is 3.19. The number of carbonyl (C=O) groups is 1. The SMILES string of the molecule is CN1C=CC2=CCCCN(C(=O)c3ccc(CN)c(Cl)c3)C2=C1. The van der Waals surface area contributed by atoms with Gasteiger partial charge < -0.3 is 15.5 Å². The van der Waals surface area contributed by atoms with Crippen molar-refractivity contribution in [2.45, 2.75) is 19.4 Å². The molecule has 2 aliphatic heterocycles. The molecule has 0 aromatic heterocycles. The second-order valence-corrected chi connectivity index (χ2v) is 6.17. The fourth-order valence-electron chi connectivity index (χ4n) is 2.83. The van der Waals surface area contributed by atoms with Crippen LogP contribution in [-0.4, -0.2) is 29.3 Å². The number of hydrogen-bond acceptors (Lipinski definition) is 3. The van der Waals surface area contributed by atoms with E-state index in [4.69, 9.17) is 17.3 Å². The van der Waals surface area contributed by atoms with Gasteiger partial charge in [-0.05, 0) is 42.2 Å². The fourth-order valence-corrected chi connectivity index (χ4v) is 3.09. The van der Waals surface area contributed by atoms with Crippen molar-refractivity contribution in [3.63, 3.8) is 0 Å². The summed E-state index contributed by atoms with van der Waals surface area (Å²) in [6.45, 7) is 1.06. The molecule has 0 atom stereocenters. The largest absolute Gasteiger partial charge is 0.355 e. The summed E-state index contributed by atoms with van der Waals surface area (Å²) in [7, 11) is 1.96. The molecule has 0 spiro atoms. The Balaban J connectivity index is 1.94. The number of benzene rings is 1. The molecule has 0 unspecified atom stereocenters. The summed E-state index contributed by atoms with van der Waals surface area (Å²) in [5.74, 6) is -0.0294. The molecule has 0 aliphatic carbocycles. The van der Waals surface area contributed by atoms with Crippen LogP contribution in [0.5, 0.6) is 0 Å². The van der Waals surface area contributed by atoms with Gasteiger partial charge in [-0.2, -0.15) is 0 Å². The molecule has 120 valence electrons. The quantitative estimate of drug-likeness (QED) is 0.906. The van der Waals surface area contributed by atoms with Crippen LogP contribution in [0.3, 0.4) is 0 Å². The minimum absolute atomic E-state index is 0.0294. The Morgan fingerprint density at radius 1 is 1.39 bits per heavy atom. The van der Waals surface area contributed by atoms with Gasteiger partial charge in [-0.15, -0.1) is 0 Å². The maximum Gasteiger partial charge on any atom is 0.258 e. The van der Waals surface area contributed by atoms with Crippen LogP contribution in [0, 0.1) is 0 Å². The zero-order chi connectivity index (χ0) is 16.4. The second-order valence-electron chi connectivity index (χ2n) is 5.76. The highest BCUT2D eigenvalue weighted by Gasteiger charge is 2.25. The third-order valence-electron chi connectivity index (χ3n) is 4.12. The van der Waals surface area contributed by atoms with E-state index in [0.29, 0.717) is 23.7 Å². The van der Waals surface area contributed by atoms with Crippen LogP contribution in [0.15, 0.2) is 54.0 Å². The predicted octanol–water partition coefficient (Wildman–Crippen LogP) is 3.26. The Hall–Kier alpha value is -2.04. The lowest BCUT2D eigenvalue weighted by molar-refractivity contribution is 0.0808. The zero-order valence-electron chi connectivity index (χ0n) is 13.1. The lowest BCUT2D eigenvalue weighted by atomic mass is 10.1. The van der Waals surface area contributed by atoms with Crippen molar-refractivity contribution in [3.8, 4) is 0 Å². The molecule has 3 rings (SSSR count). The summed E-state index contributed by atoms with van der Waals surface area (Å²) >= 11 is 6.21. The number of amides is 1. The van der Waals surface area contributed by atoms with Gasteiger partial charge in [-0.25, -0.2) is 0 Å². The molecule has 2 heterocycles. The summed E-state index contributed by atoms with van der Waals surface area (Å²) in [5, 5.41) is 0.540. The summed E-state index contributed by atoms with van der Waals surface area (Å²) in [6.07, 6.45) is 10.1. The minimum atomic E-state index is -0.0294. The van der Waals surface area contributed by atoms with Crippen molar-refractivity contribution >= 4 is 17.5 Å². The summed E-state index contributed by atoms with van der Waals surface area (Å²) in [4.78, 5) is 16.8. The molecular formula is C18H20ClN3O. The molecule has 23 heavy (non-hydrogen) atoms. The van der Waals surface area contributed by atoms with Gasteiger partial charge in [0.25, 0.3) is 5.91 Å². The Bertz CT molecular complexity index is 721. The molecule has 0 fully saturated rings. The predicted molar refractivity (Wildman–Crippen MR) is 92.7 cm³/mol. The first-order chi connectivity index (χ1) is 11.1. The summed E-state index contributed by atoms with van der Waals surface area (Å²) < 4.78 is 0. The topological polar surface area (TPSA) is 49.6 Å². The van der Waals surface area contributed by atoms with Crippen LogP contribution in [-0.2, 0) is 6.54 Å². The van der Waals surface area contributed by atoms with Crippen LogP contribution < -0.4 is 5.73 Å². The average molecular weight is 330 g/mol. The van der Waals surface area contributed by atoms with E-state index in [1.54, 1.807) is 12.1 Å². The van der Waals surface area contributed by atoms with E-state index in [2.05, 4.69) is 6.08 Å². The molecule has 4 nitrogen and oxygen atoms in total. The Kier molecular flexibility index (Phi) is 4.55. The highest BCUT2D eigenvalue weighted by Crippen LogP contribution is 2.28. The number of nitrogens with zero attached hydrogens (tertiary/aromatic N) is 2. The summed E-state index contributed by atoms with van der Waals surface area (Å²) in [6, 6.07) is 5.34. The monoisotopic (exact) mass is 329 g/mol. The number of carbonyl (C=O) groups excluding carboxylic acids is 1. The number of rotatable bonds is 2. The highest BCUT2D eigenvalue weighted by atomic mass is 35.5. The molecule has 1 aromatic rings. The number of allylic oxidation sites excluding steroid dienone is 2. The molecule has 0 saturated carbocycles. The van der Waals surface area contributed by atoms with E-state index in [1.807, 2.05) is 41.4 Å². The molecule has 1 aromatic carbocycles. The zero-order valence-corrected chi connectivity index (χ0v) is 13.9. The number of fused-ring (bicyclic) bond motifs is 1. The number of halogens is 1. The van der Waals surface area contributed by atoms with Gasteiger partial charge in [-0.1, -0.05) is 23.7 Å². The number of hydrogen-bond donors (Lipinski definition) is 1. The third-order valence-corrected chi connectivity index (χ3v) is 4.47. The van der Waals surface area contributed by atoms with E-state index < -0.39 is 0 Å². The minimum Gasteiger partial charge on any atom is -0.355 e. The van der Waals surface area contributed by atoms with Crippen LogP contribution in [0.4, 0.5) is 0 Å². The first-order valence-corrected chi connectivity index (χ1v) is 8.11. The molecule has 1 amide bonds. The average Bonchev–Trinajstić information content (AvgIpc) is 2.76. The van der Waals surface area contributed by atoms with Gasteiger partial charge in [0.1, 0.15) is 0 Å². The molecular weight excluding hydrogens is 310 g/mol. The van der Waals surface area contributed by atoms with Crippen molar-refractivity contribution in [1.29, 1.82) is 0 Å². The van der Waals surface area contributed by atoms with Crippen LogP contribution in [0.1, 0.15) is 28.8 Å². The molecule has 5 heteroatoms. The maximum atomic E-state index is 13.0. The molecule has 2 aliphatic rings. The van der Waals surface area contributed by atoms with Crippen molar-refractivity contribution in [2.75, 3.05) is 13.6 Å². The second kappa shape index (κ2) is 6.60. The lowest BCUT2D eigenvalue weighted by Gasteiger charge is -2.28. The van der Waals surface area contributed by atoms with Crippen molar-refractivity contribution < 1.29 is 4.79 Å². The molecule has 0 bridgehead atoms. The Morgan fingerprint density at radius 2 is 2.22 bits per heavy atom. The van der Waals surface area contributed by atoms with E-state index in [-0.39, 0.29) is 5.91 Å². The van der Waals surface area contributed by atoms with Gasteiger partial charge in [0, 0.05) is 43.1 Å². The smallest absolute Gasteiger partial charge is 0.258 e. The normalized spacial score (nSPS) is 17.3. The first-order valence-electron chi connectivity index (χ1n) is 7.73. The van der Waals surface area contributed by atoms with Gasteiger partial charge in [-0.3, -0.25) is 4.79 Å².